The maximum atomic E-state index is 5.99. The van der Waals surface area contributed by atoms with E-state index < -0.39 is 16.1 Å². The molecule has 0 amide bonds. The Labute approximate surface area is 314 Å². The largest absolute Gasteiger partial charge is 1.00 e. The number of aromatic nitrogens is 6. The first-order chi connectivity index (χ1) is 20.1. The second kappa shape index (κ2) is 24.2. The standard InChI is InChI=1S/C12H18ClN3OSi.C6H4ClN3.C6H15ClOSi.Na.H8P6.H/c1-18(2,3)7-6-17-9-16-11-4-5-14-12(13)10(11)8-15-16;7-6-4-3-9-10-5(4)1-2-8-6;1-9(2,3)5-4-8-6-7;;1-5(2)6(3)4;/h4-5,8H,6-7,9H2,1-3H3;1-3H,(H,9,10);4-6H2,1-3H3;;1-4H2;/q;;;+1;;-1. The van der Waals surface area contributed by atoms with E-state index in [0.29, 0.717) is 23.1 Å². The number of ether oxygens (including phenoxy) is 2. The molecular weight excluding hydrogens is 776 g/mol. The zero-order chi connectivity index (χ0) is 32.6. The van der Waals surface area contributed by atoms with E-state index >= 15 is 0 Å². The van der Waals surface area contributed by atoms with Gasteiger partial charge in [-0.05, 0) is 38.2 Å². The number of alkyl halides is 1. The number of rotatable bonds is 10. The molecule has 4 heterocycles. The summed E-state index contributed by atoms with van der Waals surface area (Å²) in [6.45, 7) is 16.4. The molecule has 44 heavy (non-hydrogen) atoms. The van der Waals surface area contributed by atoms with Crippen molar-refractivity contribution in [3.63, 3.8) is 0 Å². The number of nitrogens with zero attached hydrogens (tertiary/aromatic N) is 5. The molecule has 4 aromatic heterocycles. The van der Waals surface area contributed by atoms with Crippen molar-refractivity contribution in [2.75, 3.05) is 19.3 Å². The number of fused-ring (bicyclic) bond motifs is 2. The molecule has 0 aliphatic carbocycles. The fourth-order valence-corrected chi connectivity index (χ4v) is 4.90. The summed E-state index contributed by atoms with van der Waals surface area (Å²) in [6.07, 6.45) is 6.71. The third kappa shape index (κ3) is 20.5. The van der Waals surface area contributed by atoms with E-state index in [0.717, 1.165) is 41.1 Å². The third-order valence-electron chi connectivity index (χ3n) is 5.39. The van der Waals surface area contributed by atoms with Crippen LogP contribution in [0.1, 0.15) is 1.43 Å². The first kappa shape index (κ1) is 46.0. The average molecular weight is 822 g/mol. The van der Waals surface area contributed by atoms with Crippen molar-refractivity contribution >= 4 is 122 Å². The van der Waals surface area contributed by atoms with Crippen molar-refractivity contribution in [3.05, 3.63) is 47.2 Å². The van der Waals surface area contributed by atoms with Crippen LogP contribution in [0.2, 0.25) is 61.7 Å². The Hall–Kier alpha value is 2.04. The zero-order valence-corrected chi connectivity index (χ0v) is 39.3. The Morgan fingerprint density at radius 1 is 0.841 bits per heavy atom. The average Bonchev–Trinajstić information content (AvgIpc) is 3.56. The molecule has 0 aromatic carbocycles. The number of pyridine rings is 2. The van der Waals surface area contributed by atoms with Crippen LogP contribution in [0.3, 0.4) is 0 Å². The van der Waals surface area contributed by atoms with Gasteiger partial charge in [-0.1, -0.05) is 74.1 Å². The van der Waals surface area contributed by atoms with Crippen LogP contribution in [-0.2, 0) is 16.2 Å². The second-order valence-electron chi connectivity index (χ2n) is 11.5. The van der Waals surface area contributed by atoms with Gasteiger partial charge in [0.25, 0.3) is 0 Å². The smallest absolute Gasteiger partial charge is 1.00 e. The van der Waals surface area contributed by atoms with Gasteiger partial charge in [-0.3, -0.25) is 5.10 Å². The quantitative estimate of drug-likeness (QED) is 0.0581. The molecule has 1 N–H and O–H groups in total. The number of aromatic amines is 1. The van der Waals surface area contributed by atoms with E-state index in [1.165, 1.54) is 6.04 Å². The van der Waals surface area contributed by atoms with Crippen molar-refractivity contribution in [2.45, 2.75) is 58.1 Å². The Kier molecular flexibility index (Phi) is 25.4. The van der Waals surface area contributed by atoms with Gasteiger partial charge in [-0.2, -0.15) is 10.2 Å². The summed E-state index contributed by atoms with van der Waals surface area (Å²) in [4.78, 5) is 7.91. The van der Waals surface area contributed by atoms with E-state index in [4.69, 9.17) is 44.3 Å². The summed E-state index contributed by atoms with van der Waals surface area (Å²) < 4.78 is 12.5. The normalized spacial score (nSPS) is 11.3. The molecule has 0 saturated carbocycles. The van der Waals surface area contributed by atoms with Gasteiger partial charge < -0.3 is 10.9 Å². The molecule has 4 rings (SSSR count). The predicted octanol–water partition coefficient (Wildman–Crippen LogP) is 7.69. The molecule has 244 valence electrons. The molecule has 0 spiro atoms. The van der Waals surface area contributed by atoms with Crippen LogP contribution in [0.15, 0.2) is 36.9 Å². The zero-order valence-electron chi connectivity index (χ0n) is 27.6. The summed E-state index contributed by atoms with van der Waals surface area (Å²) in [6, 6.07) is 6.43. The Morgan fingerprint density at radius 3 is 1.86 bits per heavy atom. The van der Waals surface area contributed by atoms with Gasteiger partial charge in [0.15, 0.2) is 0 Å². The first-order valence-corrected chi connectivity index (χ1v) is 31.8. The summed E-state index contributed by atoms with van der Waals surface area (Å²) in [7, 11) is 9.25. The third-order valence-corrected chi connectivity index (χ3v) is 30.9. The molecule has 0 saturated heterocycles. The first-order valence-electron chi connectivity index (χ1n) is 13.3. The molecule has 8 nitrogen and oxygen atoms in total. The molecule has 4 atom stereocenters. The fraction of sp³-hybridized carbons (Fsp3) is 0.500. The maximum absolute atomic E-state index is 5.99. The summed E-state index contributed by atoms with van der Waals surface area (Å²) in [5.41, 5.74) is 1.88. The van der Waals surface area contributed by atoms with Crippen LogP contribution in [0, 0.1) is 0 Å². The van der Waals surface area contributed by atoms with Crippen LogP contribution >= 0.6 is 84.5 Å². The second-order valence-corrected chi connectivity index (χ2v) is 43.5. The van der Waals surface area contributed by atoms with Crippen LogP contribution in [0.25, 0.3) is 21.8 Å². The van der Waals surface area contributed by atoms with Crippen molar-refractivity contribution in [2.24, 2.45) is 0 Å². The van der Waals surface area contributed by atoms with Gasteiger partial charge in [0.2, 0.25) is 0 Å². The van der Waals surface area contributed by atoms with Crippen molar-refractivity contribution in [1.82, 2.24) is 29.9 Å². The van der Waals surface area contributed by atoms with Gasteiger partial charge in [0.1, 0.15) is 23.1 Å². The fourth-order valence-electron chi connectivity index (χ4n) is 2.87. The minimum Gasteiger partial charge on any atom is -1.00 e. The Balaban J connectivity index is 0. The van der Waals surface area contributed by atoms with E-state index in [9.17, 15) is 0 Å². The van der Waals surface area contributed by atoms with Crippen molar-refractivity contribution in [1.29, 1.82) is 0 Å². The molecule has 4 aromatic rings. The molecule has 4 unspecified atom stereocenters. The minimum absolute atomic E-state index is 0. The SMILES string of the molecule is C[Si](C)(C)CCOCCl.C[Si](C)(C)CCOCn1ncc2c(Cl)nccc21.Clc1nccc2[nH]ncc12.PP(P)P(P)P.[H-].[Na+]. The van der Waals surface area contributed by atoms with Crippen LogP contribution < -0.4 is 29.6 Å². The topological polar surface area (TPSA) is 90.7 Å². The van der Waals surface area contributed by atoms with Crippen LogP contribution in [0.4, 0.5) is 0 Å². The number of hydrogen-bond acceptors (Lipinski definition) is 6. The van der Waals surface area contributed by atoms with Crippen LogP contribution in [0.5, 0.6) is 0 Å². The number of hydrogen-bond donors (Lipinski definition) is 1. The molecule has 20 heteroatoms. The maximum Gasteiger partial charge on any atom is 1.00 e. The molecule has 0 aliphatic rings. The van der Waals surface area contributed by atoms with Gasteiger partial charge in [-0.15, -0.1) is 35.7 Å². The number of nitrogens with one attached hydrogen (secondary N) is 1. The van der Waals surface area contributed by atoms with Gasteiger partial charge in [-0.25, -0.2) is 14.6 Å². The Morgan fingerprint density at radius 2 is 1.36 bits per heavy atom. The number of halogens is 3. The van der Waals surface area contributed by atoms with Gasteiger partial charge in [0, 0.05) is 41.8 Å². The summed E-state index contributed by atoms with van der Waals surface area (Å²) >= 11 is 17.0. The molecule has 0 fully saturated rings. The molecule has 0 radical (unpaired) electrons. The molecular formula is C24H46Cl3N6NaO2P6Si2. The van der Waals surface area contributed by atoms with E-state index in [-0.39, 0.29) is 45.0 Å². The van der Waals surface area contributed by atoms with Crippen LogP contribution in [-0.4, -0.2) is 65.4 Å². The molecule has 0 bridgehead atoms. The van der Waals surface area contributed by atoms with Gasteiger partial charge >= 0.3 is 29.6 Å². The summed E-state index contributed by atoms with van der Waals surface area (Å²) in [5.74, 6) is 0. The van der Waals surface area contributed by atoms with Crippen molar-refractivity contribution < 1.29 is 40.5 Å². The van der Waals surface area contributed by atoms with E-state index in [1.54, 1.807) is 24.8 Å². The van der Waals surface area contributed by atoms with Gasteiger partial charge in [0.05, 0.1) is 34.2 Å². The Bertz CT molecular complexity index is 1350. The van der Waals surface area contributed by atoms with E-state index in [1.807, 2.05) is 16.8 Å². The van der Waals surface area contributed by atoms with E-state index in [2.05, 4.69) is 100 Å². The minimum atomic E-state index is -1.03. The molecule has 0 aliphatic heterocycles. The van der Waals surface area contributed by atoms with Crippen molar-refractivity contribution in [3.8, 4) is 0 Å². The monoisotopic (exact) mass is 820 g/mol. The predicted molar refractivity (Wildman–Crippen MR) is 214 cm³/mol. The summed E-state index contributed by atoms with van der Waals surface area (Å²) in [5, 5.41) is 13.6. The number of H-pyrrole nitrogens is 1.